The highest BCUT2D eigenvalue weighted by Gasteiger charge is 2.15. The van der Waals surface area contributed by atoms with Gasteiger partial charge < -0.3 is 10.0 Å². The topological polar surface area (TPSA) is 40.5 Å². The van der Waals surface area contributed by atoms with E-state index >= 15 is 0 Å². The van der Waals surface area contributed by atoms with Crippen LogP contribution in [0.3, 0.4) is 0 Å². The maximum absolute atomic E-state index is 10.9. The molecule has 68 valence electrons. The number of aliphatic hydroxyl groups excluding tert-OH is 1. The monoisotopic (exact) mass is 169 g/mol. The lowest BCUT2D eigenvalue weighted by Crippen LogP contribution is -2.25. The normalized spacial score (nSPS) is 16.5. The summed E-state index contributed by atoms with van der Waals surface area (Å²) in [5.74, 6) is 0.210. The third kappa shape index (κ3) is 2.08. The van der Waals surface area contributed by atoms with E-state index in [1.54, 1.807) is 6.08 Å². The molecule has 0 aromatic rings. The first kappa shape index (κ1) is 9.26. The van der Waals surface area contributed by atoms with Crippen LogP contribution in [0.25, 0.3) is 0 Å². The van der Waals surface area contributed by atoms with Crippen molar-refractivity contribution in [1.29, 1.82) is 0 Å². The van der Waals surface area contributed by atoms with Gasteiger partial charge in [0.15, 0.2) is 5.78 Å². The Morgan fingerprint density at radius 3 is 2.75 bits per heavy atom. The summed E-state index contributed by atoms with van der Waals surface area (Å²) < 4.78 is 0. The Hall–Kier alpha value is -0.830. The second kappa shape index (κ2) is 4.26. The molecular formula is C9H15NO2. The average Bonchev–Trinajstić information content (AvgIpc) is 2.47. The number of nitrogens with zero attached hydrogens (tertiary/aromatic N) is 1. The number of carbonyl (C=O) groups is 1. The summed E-state index contributed by atoms with van der Waals surface area (Å²) in [6.07, 6.45) is 3.17. The van der Waals surface area contributed by atoms with Gasteiger partial charge in [0.2, 0.25) is 0 Å². The van der Waals surface area contributed by atoms with E-state index in [4.69, 9.17) is 5.11 Å². The van der Waals surface area contributed by atoms with Crippen LogP contribution in [-0.4, -0.2) is 35.5 Å². The molecule has 0 spiro atoms. The van der Waals surface area contributed by atoms with Crippen molar-refractivity contribution < 1.29 is 9.90 Å². The van der Waals surface area contributed by atoms with Crippen LogP contribution < -0.4 is 0 Å². The number of carbonyl (C=O) groups excluding carboxylic acids is 1. The van der Waals surface area contributed by atoms with Gasteiger partial charge in [0.05, 0.1) is 6.61 Å². The fourth-order valence-electron chi connectivity index (χ4n) is 1.46. The van der Waals surface area contributed by atoms with Crippen molar-refractivity contribution >= 4 is 5.78 Å². The predicted octanol–water partition coefficient (Wildman–Crippen LogP) is 0.547. The zero-order valence-electron chi connectivity index (χ0n) is 7.42. The second-order valence-corrected chi connectivity index (χ2v) is 2.91. The lowest BCUT2D eigenvalue weighted by atomic mass is 10.3. The van der Waals surface area contributed by atoms with Crippen molar-refractivity contribution in [3.63, 3.8) is 0 Å². The van der Waals surface area contributed by atoms with Gasteiger partial charge in [-0.05, 0) is 13.3 Å². The number of ketones is 1. The Balaban J connectivity index is 2.54. The average molecular weight is 169 g/mol. The molecule has 0 atom stereocenters. The van der Waals surface area contributed by atoms with Crippen LogP contribution in [0.15, 0.2) is 11.8 Å². The van der Waals surface area contributed by atoms with Gasteiger partial charge in [0.1, 0.15) is 0 Å². The highest BCUT2D eigenvalue weighted by atomic mass is 16.3. The summed E-state index contributed by atoms with van der Waals surface area (Å²) in [5, 5.41) is 8.74. The van der Waals surface area contributed by atoms with E-state index in [9.17, 15) is 4.79 Å². The molecule has 0 radical (unpaired) electrons. The van der Waals surface area contributed by atoms with E-state index in [1.807, 2.05) is 11.8 Å². The van der Waals surface area contributed by atoms with E-state index in [0.29, 0.717) is 13.0 Å². The first-order valence-corrected chi connectivity index (χ1v) is 4.37. The molecule has 0 saturated heterocycles. The first-order chi connectivity index (χ1) is 5.77. The fourth-order valence-corrected chi connectivity index (χ4v) is 1.46. The Kier molecular flexibility index (Phi) is 3.29. The summed E-state index contributed by atoms with van der Waals surface area (Å²) >= 11 is 0. The maximum atomic E-state index is 10.9. The molecule has 1 N–H and O–H groups in total. The second-order valence-electron chi connectivity index (χ2n) is 2.91. The summed E-state index contributed by atoms with van der Waals surface area (Å²) in [5.41, 5.74) is 1.08. The van der Waals surface area contributed by atoms with E-state index in [2.05, 4.69) is 0 Å². The molecule has 1 rings (SSSR count). The van der Waals surface area contributed by atoms with Gasteiger partial charge >= 0.3 is 0 Å². The van der Waals surface area contributed by atoms with Gasteiger partial charge in [-0.3, -0.25) is 4.79 Å². The molecular weight excluding hydrogens is 154 g/mol. The van der Waals surface area contributed by atoms with E-state index in [-0.39, 0.29) is 12.4 Å². The predicted molar refractivity (Wildman–Crippen MR) is 46.7 cm³/mol. The van der Waals surface area contributed by atoms with E-state index in [1.165, 1.54) is 0 Å². The van der Waals surface area contributed by atoms with Gasteiger partial charge in [-0.2, -0.15) is 0 Å². The molecule has 3 heteroatoms. The quantitative estimate of drug-likeness (QED) is 0.668. The summed E-state index contributed by atoms with van der Waals surface area (Å²) in [7, 11) is 0. The van der Waals surface area contributed by atoms with Crippen molar-refractivity contribution in [2.45, 2.75) is 19.8 Å². The third-order valence-electron chi connectivity index (χ3n) is 2.11. The molecule has 0 amide bonds. The molecule has 0 aliphatic heterocycles. The Morgan fingerprint density at radius 2 is 2.33 bits per heavy atom. The minimum atomic E-state index is 0.152. The summed E-state index contributed by atoms with van der Waals surface area (Å²) in [6.45, 7) is 3.67. The summed E-state index contributed by atoms with van der Waals surface area (Å²) in [6, 6.07) is 0. The van der Waals surface area contributed by atoms with Crippen LogP contribution in [0.4, 0.5) is 0 Å². The molecule has 12 heavy (non-hydrogen) atoms. The van der Waals surface area contributed by atoms with Crippen molar-refractivity contribution in [2.75, 3.05) is 19.7 Å². The van der Waals surface area contributed by atoms with Crippen molar-refractivity contribution in [2.24, 2.45) is 0 Å². The molecule has 0 aromatic heterocycles. The third-order valence-corrected chi connectivity index (χ3v) is 2.11. The molecule has 0 aromatic carbocycles. The van der Waals surface area contributed by atoms with Crippen molar-refractivity contribution in [3.8, 4) is 0 Å². The fraction of sp³-hybridized carbons (Fsp3) is 0.667. The Labute approximate surface area is 72.7 Å². The molecule has 1 aliphatic rings. The molecule has 0 unspecified atom stereocenters. The molecule has 0 fully saturated rings. The van der Waals surface area contributed by atoms with Gasteiger partial charge in [-0.1, -0.05) is 0 Å². The van der Waals surface area contributed by atoms with E-state index < -0.39 is 0 Å². The highest BCUT2D eigenvalue weighted by Crippen LogP contribution is 2.18. The van der Waals surface area contributed by atoms with Crippen LogP contribution in [0, 0.1) is 0 Å². The van der Waals surface area contributed by atoms with Crippen LogP contribution in [-0.2, 0) is 4.79 Å². The summed E-state index contributed by atoms with van der Waals surface area (Å²) in [4.78, 5) is 13.0. The molecule has 0 saturated carbocycles. The highest BCUT2D eigenvalue weighted by molar-refractivity contribution is 5.92. The standard InChI is InChI=1S/C9H15NO2/c1-2-10(5-6-11)8-3-4-9(12)7-8/h7,11H,2-6H2,1H3. The van der Waals surface area contributed by atoms with Crippen molar-refractivity contribution in [1.82, 2.24) is 4.90 Å². The smallest absolute Gasteiger partial charge is 0.157 e. The largest absolute Gasteiger partial charge is 0.395 e. The van der Waals surface area contributed by atoms with Crippen LogP contribution in [0.2, 0.25) is 0 Å². The number of aliphatic hydroxyl groups is 1. The van der Waals surface area contributed by atoms with Gasteiger partial charge in [0, 0.05) is 31.3 Å². The maximum Gasteiger partial charge on any atom is 0.157 e. The number of rotatable bonds is 4. The number of likely N-dealkylation sites (N-methyl/N-ethyl adjacent to an activating group) is 1. The minimum absolute atomic E-state index is 0.152. The lowest BCUT2D eigenvalue weighted by molar-refractivity contribution is -0.114. The molecule has 1 aliphatic carbocycles. The first-order valence-electron chi connectivity index (χ1n) is 4.37. The van der Waals surface area contributed by atoms with Gasteiger partial charge in [0.25, 0.3) is 0 Å². The zero-order valence-corrected chi connectivity index (χ0v) is 7.42. The minimum Gasteiger partial charge on any atom is -0.395 e. The lowest BCUT2D eigenvalue weighted by Gasteiger charge is -2.22. The molecule has 0 heterocycles. The molecule has 3 nitrogen and oxygen atoms in total. The van der Waals surface area contributed by atoms with Crippen molar-refractivity contribution in [3.05, 3.63) is 11.8 Å². The Bertz CT molecular complexity index is 199. The van der Waals surface area contributed by atoms with Crippen LogP contribution >= 0.6 is 0 Å². The van der Waals surface area contributed by atoms with E-state index in [0.717, 1.165) is 18.7 Å². The number of allylic oxidation sites excluding steroid dienone is 2. The zero-order chi connectivity index (χ0) is 8.97. The van der Waals surface area contributed by atoms with Crippen LogP contribution in [0.5, 0.6) is 0 Å². The number of hydrogen-bond donors (Lipinski definition) is 1. The SMILES string of the molecule is CCN(CCO)C1=CC(=O)CC1. The van der Waals surface area contributed by atoms with Gasteiger partial charge in [-0.25, -0.2) is 0 Å². The Morgan fingerprint density at radius 1 is 1.58 bits per heavy atom. The van der Waals surface area contributed by atoms with Crippen LogP contribution in [0.1, 0.15) is 19.8 Å². The number of hydrogen-bond acceptors (Lipinski definition) is 3. The van der Waals surface area contributed by atoms with Gasteiger partial charge in [-0.15, -0.1) is 0 Å². The molecule has 0 bridgehead atoms.